The molecule has 1 aliphatic carbocycles. The fourth-order valence-corrected chi connectivity index (χ4v) is 9.18. The van der Waals surface area contributed by atoms with E-state index in [-0.39, 0.29) is 12.8 Å². The van der Waals surface area contributed by atoms with Crippen LogP contribution in [0.15, 0.2) is 24.3 Å². The summed E-state index contributed by atoms with van der Waals surface area (Å²) in [6, 6.07) is 0. The maximum Gasteiger partial charge on any atom is 0.472 e. The number of phosphoric acid groups is 2. The van der Waals surface area contributed by atoms with Gasteiger partial charge >= 0.3 is 27.6 Å². The summed E-state index contributed by atoms with van der Waals surface area (Å²) in [7, 11) is -10.7. The van der Waals surface area contributed by atoms with Gasteiger partial charge in [-0.05, 0) is 44.9 Å². The van der Waals surface area contributed by atoms with E-state index >= 15 is 0 Å². The highest BCUT2D eigenvalue weighted by molar-refractivity contribution is 7.47. The van der Waals surface area contributed by atoms with Crippen molar-refractivity contribution >= 4 is 27.6 Å². The van der Waals surface area contributed by atoms with Crippen molar-refractivity contribution in [2.24, 2.45) is 0 Å². The lowest BCUT2D eigenvalue weighted by Gasteiger charge is -2.43. The number of rotatable bonds is 42. The van der Waals surface area contributed by atoms with Gasteiger partial charge in [0, 0.05) is 12.8 Å². The van der Waals surface area contributed by atoms with Crippen LogP contribution in [0.4, 0.5) is 0 Å². The second-order valence-electron chi connectivity index (χ2n) is 17.5. The molecule has 5 unspecified atom stereocenters. The van der Waals surface area contributed by atoms with Crippen molar-refractivity contribution in [1.29, 1.82) is 0 Å². The first kappa shape index (κ1) is 61.5. The van der Waals surface area contributed by atoms with Gasteiger partial charge in [0.05, 0.1) is 6.61 Å². The summed E-state index contributed by atoms with van der Waals surface area (Å²) < 4.78 is 49.4. The summed E-state index contributed by atoms with van der Waals surface area (Å²) in [4.78, 5) is 54.3. The predicted octanol–water partition coefficient (Wildman–Crippen LogP) is 9.73. The van der Waals surface area contributed by atoms with Crippen LogP contribution in [-0.4, -0.2) is 103 Å². The van der Waals surface area contributed by atoms with Crippen LogP contribution in [0.2, 0.25) is 0 Å². The molecule has 1 rings (SSSR count). The Balaban J connectivity index is 2.54. The minimum absolute atomic E-state index is 0.0475. The summed E-state index contributed by atoms with van der Waals surface area (Å²) in [5.74, 6) is -1.20. The number of allylic oxidation sites excluding steroid dienone is 4. The van der Waals surface area contributed by atoms with Crippen LogP contribution in [0, 0.1) is 0 Å². The van der Waals surface area contributed by atoms with E-state index in [1.807, 2.05) is 0 Å². The summed E-state index contributed by atoms with van der Waals surface area (Å²) in [5, 5.41) is 41.2. The van der Waals surface area contributed by atoms with Crippen LogP contribution in [0.5, 0.6) is 0 Å². The van der Waals surface area contributed by atoms with Gasteiger partial charge in [0.25, 0.3) is 0 Å². The second-order valence-corrected chi connectivity index (χ2v) is 20.1. The first-order valence-corrected chi connectivity index (χ1v) is 27.9. The average molecular weight is 971 g/mol. The van der Waals surface area contributed by atoms with Crippen molar-refractivity contribution in [3.8, 4) is 0 Å². The maximum atomic E-state index is 13.0. The summed E-state index contributed by atoms with van der Waals surface area (Å²) >= 11 is 0. The zero-order chi connectivity index (χ0) is 48.2. The zero-order valence-corrected chi connectivity index (χ0v) is 41.5. The molecule has 0 bridgehead atoms. The molecule has 8 atom stereocenters. The van der Waals surface area contributed by atoms with E-state index < -0.39 is 83.5 Å². The van der Waals surface area contributed by atoms with Gasteiger partial charge in [0.1, 0.15) is 43.2 Å². The number of hydrogen-bond acceptors (Lipinski definition) is 13. The number of phosphoric ester groups is 2. The molecule has 0 aromatic heterocycles. The van der Waals surface area contributed by atoms with Crippen LogP contribution in [0.3, 0.4) is 0 Å². The quantitative estimate of drug-likeness (QED) is 0.0130. The Hall–Kier alpha value is -1.52. The Bertz CT molecular complexity index is 1360. The lowest BCUT2D eigenvalue weighted by atomic mass is 9.85. The van der Waals surface area contributed by atoms with E-state index in [1.165, 1.54) is 103 Å². The molecule has 1 fully saturated rings. The Morgan fingerprint density at radius 3 is 1.37 bits per heavy atom. The Labute approximate surface area is 390 Å². The molecule has 0 saturated heterocycles. The highest BCUT2D eigenvalue weighted by Crippen LogP contribution is 2.49. The monoisotopic (exact) mass is 971 g/mol. The zero-order valence-electron chi connectivity index (χ0n) is 39.7. The Morgan fingerprint density at radius 1 is 0.492 bits per heavy atom. The molecule has 0 spiro atoms. The minimum Gasteiger partial charge on any atom is -0.462 e. The highest BCUT2D eigenvalue weighted by Gasteiger charge is 2.54. The summed E-state index contributed by atoms with van der Waals surface area (Å²) in [6.45, 7) is 3.10. The van der Waals surface area contributed by atoms with Crippen molar-refractivity contribution < 1.29 is 76.9 Å². The predicted molar refractivity (Wildman–Crippen MR) is 251 cm³/mol. The molecule has 0 aromatic rings. The van der Waals surface area contributed by atoms with Crippen molar-refractivity contribution in [2.75, 3.05) is 13.2 Å². The summed E-state index contributed by atoms with van der Waals surface area (Å²) in [6.07, 6.45) is 25.6. The number of aliphatic hydroxyl groups is 4. The Morgan fingerprint density at radius 2 is 0.892 bits per heavy atom. The smallest absolute Gasteiger partial charge is 0.462 e. The Kier molecular flexibility index (Phi) is 36.3. The molecule has 7 N–H and O–H groups in total. The van der Waals surface area contributed by atoms with Crippen LogP contribution >= 0.6 is 15.6 Å². The summed E-state index contributed by atoms with van der Waals surface area (Å²) in [5.41, 5.74) is 0. The van der Waals surface area contributed by atoms with Crippen molar-refractivity contribution in [1.82, 2.24) is 0 Å². The number of aliphatic hydroxyl groups excluding tert-OH is 4. The topological polar surface area (TPSA) is 256 Å². The van der Waals surface area contributed by atoms with Gasteiger partial charge < -0.3 is 44.6 Å². The fourth-order valence-electron chi connectivity index (χ4n) is 7.65. The third-order valence-electron chi connectivity index (χ3n) is 11.5. The van der Waals surface area contributed by atoms with E-state index in [0.717, 1.165) is 64.2 Å². The van der Waals surface area contributed by atoms with Crippen LogP contribution < -0.4 is 0 Å². The van der Waals surface area contributed by atoms with Crippen LogP contribution in [0.25, 0.3) is 0 Å². The largest absolute Gasteiger partial charge is 0.472 e. The van der Waals surface area contributed by atoms with Gasteiger partial charge in [-0.15, -0.1) is 0 Å². The van der Waals surface area contributed by atoms with E-state index in [2.05, 4.69) is 42.7 Å². The highest BCUT2D eigenvalue weighted by atomic mass is 31.2. The normalized spacial score (nSPS) is 21.8. The molecular formula is C47H88O16P2. The van der Waals surface area contributed by atoms with Gasteiger partial charge in [-0.25, -0.2) is 9.13 Å². The van der Waals surface area contributed by atoms with Crippen molar-refractivity contribution in [3.63, 3.8) is 0 Å². The van der Waals surface area contributed by atoms with Gasteiger partial charge in [-0.1, -0.05) is 173 Å². The number of carbonyl (C=O) groups is 2. The molecule has 0 heterocycles. The van der Waals surface area contributed by atoms with Gasteiger partial charge in [0.15, 0.2) is 6.10 Å². The minimum atomic E-state index is -5.36. The molecule has 0 aliphatic heterocycles. The second kappa shape index (κ2) is 38.3. The number of hydrogen-bond donors (Lipinski definition) is 7. The van der Waals surface area contributed by atoms with Crippen LogP contribution in [0.1, 0.15) is 206 Å². The molecule has 0 radical (unpaired) electrons. The molecule has 382 valence electrons. The molecule has 1 aliphatic rings. The molecule has 0 amide bonds. The van der Waals surface area contributed by atoms with Gasteiger partial charge in [-0.3, -0.25) is 23.2 Å². The molecule has 0 aromatic carbocycles. The fraction of sp³-hybridized carbons (Fsp3) is 0.872. The van der Waals surface area contributed by atoms with Gasteiger partial charge in [-0.2, -0.15) is 0 Å². The average Bonchev–Trinajstić information content (AvgIpc) is 3.26. The number of unbranched alkanes of at least 4 members (excludes halogenated alkanes) is 24. The van der Waals surface area contributed by atoms with Crippen molar-refractivity contribution in [2.45, 2.75) is 249 Å². The SMILES string of the molecule is CCCCCC=CCC=CCCCCCCCCCCCC(=O)OC[C@H](COP(=O)(O)O[C@H]1C(O)C(O)C(O)[C@@H](OP(=O)(O)O)C1O)OC(=O)CCCCCCCCCCCCCCC. The first-order valence-electron chi connectivity index (χ1n) is 24.9. The maximum absolute atomic E-state index is 13.0. The van der Waals surface area contributed by atoms with Gasteiger partial charge in [0.2, 0.25) is 0 Å². The lowest BCUT2D eigenvalue weighted by Crippen LogP contribution is -2.64. The molecule has 18 heteroatoms. The molecule has 16 nitrogen and oxygen atoms in total. The molecule has 65 heavy (non-hydrogen) atoms. The van der Waals surface area contributed by atoms with E-state index in [1.54, 1.807) is 0 Å². The molecule has 1 saturated carbocycles. The van der Waals surface area contributed by atoms with E-state index in [4.69, 9.17) is 18.5 Å². The van der Waals surface area contributed by atoms with E-state index in [9.17, 15) is 53.8 Å². The molecular weight excluding hydrogens is 882 g/mol. The van der Waals surface area contributed by atoms with Crippen LogP contribution in [-0.2, 0) is 41.8 Å². The van der Waals surface area contributed by atoms with Crippen molar-refractivity contribution in [3.05, 3.63) is 24.3 Å². The lowest BCUT2D eigenvalue weighted by molar-refractivity contribution is -0.216. The standard InChI is InChI=1S/C47H88O16P2/c1-3-5-7-9-11-13-15-17-18-19-20-21-22-24-25-27-29-31-33-35-40(48)59-37-39(61-41(49)36-34-32-30-28-26-23-16-14-12-10-8-6-4-2)38-60-65(57,58)63-47-44(52)42(50)43(51)46(45(47)53)62-64(54,55)56/h11,13,17-18,39,42-47,50-53H,3-10,12,14-16,19-38H2,1-2H3,(H,57,58)(H2,54,55,56)/t39-,42?,43?,44?,45?,46-,47+/m1/s1. The number of carbonyl (C=O) groups excluding carboxylic acids is 2. The third kappa shape index (κ3) is 32.8. The first-order chi connectivity index (χ1) is 31.1. The van der Waals surface area contributed by atoms with E-state index in [0.29, 0.717) is 12.8 Å². The third-order valence-corrected chi connectivity index (χ3v) is 13.0. The number of esters is 2. The number of ether oxygens (including phenoxy) is 2.